The number of para-hydroxylation sites is 1. The van der Waals surface area contributed by atoms with E-state index in [0.29, 0.717) is 4.88 Å². The number of hydrazine groups is 1. The fourth-order valence-electron chi connectivity index (χ4n) is 2.32. The van der Waals surface area contributed by atoms with Crippen molar-refractivity contribution < 1.29 is 4.79 Å². The standard InChI is InChI=1S/C15H15N3OS/c1-10-12(8-14(20-10)15(19)17-16)9-18-7-6-11-4-2-3-5-13(11)18/h2-8H,9,16H2,1H3,(H,17,19). The number of rotatable bonds is 3. The fourth-order valence-corrected chi connectivity index (χ4v) is 3.26. The number of amides is 1. The number of benzene rings is 1. The third-order valence-corrected chi connectivity index (χ3v) is 4.49. The van der Waals surface area contributed by atoms with E-state index in [4.69, 9.17) is 5.84 Å². The van der Waals surface area contributed by atoms with Gasteiger partial charge < -0.3 is 4.57 Å². The number of fused-ring (bicyclic) bond motifs is 1. The Hall–Kier alpha value is -2.11. The van der Waals surface area contributed by atoms with Crippen molar-refractivity contribution in [3.05, 3.63) is 57.9 Å². The van der Waals surface area contributed by atoms with E-state index in [2.05, 4.69) is 34.4 Å². The molecule has 102 valence electrons. The van der Waals surface area contributed by atoms with E-state index in [9.17, 15) is 4.79 Å². The lowest BCUT2D eigenvalue weighted by molar-refractivity contribution is 0.0957. The molecule has 0 unspecified atom stereocenters. The van der Waals surface area contributed by atoms with Crippen molar-refractivity contribution >= 4 is 28.1 Å². The summed E-state index contributed by atoms with van der Waals surface area (Å²) >= 11 is 1.47. The highest BCUT2D eigenvalue weighted by Gasteiger charge is 2.12. The highest BCUT2D eigenvalue weighted by molar-refractivity contribution is 7.14. The van der Waals surface area contributed by atoms with Crippen LogP contribution in [0.2, 0.25) is 0 Å². The van der Waals surface area contributed by atoms with Crippen molar-refractivity contribution in [3.8, 4) is 0 Å². The Kier molecular flexibility index (Phi) is 3.30. The summed E-state index contributed by atoms with van der Waals surface area (Å²) in [6.45, 7) is 2.78. The first-order valence-corrected chi connectivity index (χ1v) is 7.15. The number of aromatic nitrogens is 1. The number of carbonyl (C=O) groups excluding carboxylic acids is 1. The number of nitrogens with zero attached hydrogens (tertiary/aromatic N) is 1. The number of nitrogens with two attached hydrogens (primary N) is 1. The molecule has 3 rings (SSSR count). The van der Waals surface area contributed by atoms with Gasteiger partial charge in [-0.2, -0.15) is 0 Å². The molecule has 5 heteroatoms. The Morgan fingerprint density at radius 1 is 1.35 bits per heavy atom. The maximum absolute atomic E-state index is 11.6. The average Bonchev–Trinajstić information content (AvgIpc) is 3.04. The molecule has 0 bridgehead atoms. The fraction of sp³-hybridized carbons (Fsp3) is 0.133. The van der Waals surface area contributed by atoms with Crippen LogP contribution in [-0.4, -0.2) is 10.5 Å². The molecule has 0 saturated carbocycles. The number of nitrogens with one attached hydrogen (secondary N) is 1. The van der Waals surface area contributed by atoms with Crippen LogP contribution < -0.4 is 11.3 Å². The Balaban J connectivity index is 1.95. The maximum atomic E-state index is 11.6. The molecule has 0 atom stereocenters. The van der Waals surface area contributed by atoms with Crippen LogP contribution >= 0.6 is 11.3 Å². The van der Waals surface area contributed by atoms with E-state index in [-0.39, 0.29) is 5.91 Å². The summed E-state index contributed by atoms with van der Waals surface area (Å²) < 4.78 is 2.19. The van der Waals surface area contributed by atoms with Crippen LogP contribution in [0.1, 0.15) is 20.1 Å². The molecule has 0 aliphatic heterocycles. The first kappa shape index (κ1) is 12.9. The molecule has 4 nitrogen and oxygen atoms in total. The van der Waals surface area contributed by atoms with E-state index in [1.807, 2.05) is 25.1 Å². The van der Waals surface area contributed by atoms with Gasteiger partial charge >= 0.3 is 0 Å². The van der Waals surface area contributed by atoms with Crippen LogP contribution in [0.25, 0.3) is 10.9 Å². The van der Waals surface area contributed by atoms with E-state index in [1.54, 1.807) is 0 Å². The first-order valence-electron chi connectivity index (χ1n) is 6.33. The molecular weight excluding hydrogens is 270 g/mol. The summed E-state index contributed by atoms with van der Waals surface area (Å²) in [5.74, 6) is 4.94. The van der Waals surface area contributed by atoms with Crippen LogP contribution in [0.15, 0.2) is 42.6 Å². The SMILES string of the molecule is Cc1sc(C(=O)NN)cc1Cn1ccc2ccccc21. The Morgan fingerprint density at radius 3 is 2.95 bits per heavy atom. The number of hydrogen-bond donors (Lipinski definition) is 2. The van der Waals surface area contributed by atoms with Gasteiger partial charge in [0.15, 0.2) is 0 Å². The molecule has 2 heterocycles. The smallest absolute Gasteiger partial charge is 0.275 e. The van der Waals surface area contributed by atoms with Crippen molar-refractivity contribution in [2.45, 2.75) is 13.5 Å². The minimum Gasteiger partial charge on any atom is -0.343 e. The predicted octanol–water partition coefficient (Wildman–Crippen LogP) is 2.66. The van der Waals surface area contributed by atoms with Gasteiger partial charge in [-0.25, -0.2) is 5.84 Å². The predicted molar refractivity (Wildman–Crippen MR) is 81.7 cm³/mol. The maximum Gasteiger partial charge on any atom is 0.275 e. The van der Waals surface area contributed by atoms with Gasteiger partial charge in [0, 0.05) is 23.1 Å². The molecule has 0 saturated heterocycles. The zero-order valence-electron chi connectivity index (χ0n) is 11.1. The number of hydrogen-bond acceptors (Lipinski definition) is 3. The zero-order chi connectivity index (χ0) is 14.1. The van der Waals surface area contributed by atoms with Crippen LogP contribution in [0, 0.1) is 6.92 Å². The van der Waals surface area contributed by atoms with Gasteiger partial charge in [0.1, 0.15) is 0 Å². The lowest BCUT2D eigenvalue weighted by atomic mass is 10.2. The number of carbonyl (C=O) groups is 1. The normalized spacial score (nSPS) is 10.9. The quantitative estimate of drug-likeness (QED) is 0.441. The number of nitrogen functional groups attached to an aromatic ring is 1. The minimum absolute atomic E-state index is 0.235. The van der Waals surface area contributed by atoms with Crippen molar-refractivity contribution in [2.24, 2.45) is 5.84 Å². The van der Waals surface area contributed by atoms with Gasteiger partial charge in [-0.1, -0.05) is 18.2 Å². The molecule has 3 N–H and O–H groups in total. The topological polar surface area (TPSA) is 60.1 Å². The summed E-state index contributed by atoms with van der Waals surface area (Å²) in [7, 11) is 0. The van der Waals surface area contributed by atoms with Gasteiger partial charge in [-0.3, -0.25) is 10.2 Å². The van der Waals surface area contributed by atoms with Crippen molar-refractivity contribution in [1.29, 1.82) is 0 Å². The monoisotopic (exact) mass is 285 g/mol. The van der Waals surface area contributed by atoms with Gasteiger partial charge in [0.25, 0.3) is 5.91 Å². The van der Waals surface area contributed by atoms with Crippen LogP contribution in [-0.2, 0) is 6.54 Å². The lowest BCUT2D eigenvalue weighted by Gasteiger charge is -2.04. The highest BCUT2D eigenvalue weighted by Crippen LogP contribution is 2.24. The number of aryl methyl sites for hydroxylation is 1. The molecule has 0 aliphatic rings. The molecule has 20 heavy (non-hydrogen) atoms. The lowest BCUT2D eigenvalue weighted by Crippen LogP contribution is -2.29. The minimum atomic E-state index is -0.235. The molecule has 3 aromatic rings. The van der Waals surface area contributed by atoms with E-state index in [0.717, 1.165) is 17.0 Å². The number of thiophene rings is 1. The van der Waals surface area contributed by atoms with Gasteiger partial charge in [-0.05, 0) is 36.1 Å². The molecule has 2 aromatic heterocycles. The van der Waals surface area contributed by atoms with Crippen LogP contribution in [0.3, 0.4) is 0 Å². The van der Waals surface area contributed by atoms with E-state index in [1.165, 1.54) is 22.2 Å². The Labute approximate surface area is 120 Å². The van der Waals surface area contributed by atoms with Crippen molar-refractivity contribution in [1.82, 2.24) is 9.99 Å². The van der Waals surface area contributed by atoms with Gasteiger partial charge in [0.2, 0.25) is 0 Å². The summed E-state index contributed by atoms with van der Waals surface area (Å²) in [6.07, 6.45) is 2.07. The summed E-state index contributed by atoms with van der Waals surface area (Å²) in [5.41, 5.74) is 4.52. The second-order valence-electron chi connectivity index (χ2n) is 4.67. The molecular formula is C15H15N3OS. The summed E-state index contributed by atoms with van der Waals surface area (Å²) in [6, 6.07) is 12.3. The Morgan fingerprint density at radius 2 is 2.15 bits per heavy atom. The first-order chi connectivity index (χ1) is 9.69. The average molecular weight is 285 g/mol. The van der Waals surface area contributed by atoms with Crippen molar-refractivity contribution in [3.63, 3.8) is 0 Å². The van der Waals surface area contributed by atoms with E-state index >= 15 is 0 Å². The molecule has 0 aliphatic carbocycles. The summed E-state index contributed by atoms with van der Waals surface area (Å²) in [5, 5.41) is 1.22. The highest BCUT2D eigenvalue weighted by atomic mass is 32.1. The Bertz CT molecular complexity index is 772. The van der Waals surface area contributed by atoms with Gasteiger partial charge in [-0.15, -0.1) is 11.3 Å². The molecule has 0 spiro atoms. The second kappa shape index (κ2) is 5.11. The van der Waals surface area contributed by atoms with Crippen molar-refractivity contribution in [2.75, 3.05) is 0 Å². The molecule has 0 radical (unpaired) electrons. The molecule has 1 amide bonds. The largest absolute Gasteiger partial charge is 0.343 e. The van der Waals surface area contributed by atoms with Crippen LogP contribution in [0.4, 0.5) is 0 Å². The van der Waals surface area contributed by atoms with Crippen LogP contribution in [0.5, 0.6) is 0 Å². The summed E-state index contributed by atoms with van der Waals surface area (Å²) in [4.78, 5) is 13.4. The van der Waals surface area contributed by atoms with E-state index < -0.39 is 0 Å². The zero-order valence-corrected chi connectivity index (χ0v) is 11.9. The van der Waals surface area contributed by atoms with Gasteiger partial charge in [0.05, 0.1) is 4.88 Å². The third-order valence-electron chi connectivity index (χ3n) is 3.40. The third kappa shape index (κ3) is 2.21. The second-order valence-corrected chi connectivity index (χ2v) is 5.92. The molecule has 0 fully saturated rings. The molecule has 1 aromatic carbocycles.